The van der Waals surface area contributed by atoms with Gasteiger partial charge in [0.1, 0.15) is 4.90 Å². The summed E-state index contributed by atoms with van der Waals surface area (Å²) < 4.78 is 28.7. The number of aryl methyl sites for hydroxylation is 1. The predicted molar refractivity (Wildman–Crippen MR) is 77.4 cm³/mol. The van der Waals surface area contributed by atoms with Crippen LogP contribution < -0.4 is 5.14 Å². The first-order valence-electron chi connectivity index (χ1n) is 6.65. The molecule has 0 unspecified atom stereocenters. The number of carbonyl (C=O) groups is 1. The van der Waals surface area contributed by atoms with Crippen LogP contribution in [0.2, 0.25) is 0 Å². The Hall–Kier alpha value is -1.45. The topological polar surface area (TPSA) is 118 Å². The summed E-state index contributed by atoms with van der Waals surface area (Å²) in [5, 5.41) is 11.5. The third kappa shape index (κ3) is 4.51. The molecule has 0 radical (unpaired) electrons. The van der Waals surface area contributed by atoms with Crippen molar-refractivity contribution < 1.29 is 17.9 Å². The maximum atomic E-state index is 12.3. The zero-order chi connectivity index (χ0) is 16.2. The van der Waals surface area contributed by atoms with E-state index in [4.69, 9.17) is 9.88 Å². The van der Waals surface area contributed by atoms with Crippen molar-refractivity contribution in [2.75, 3.05) is 20.2 Å². The van der Waals surface area contributed by atoms with E-state index in [0.29, 0.717) is 25.3 Å². The lowest BCUT2D eigenvalue weighted by Crippen LogP contribution is -2.32. The van der Waals surface area contributed by atoms with Gasteiger partial charge in [0.05, 0.1) is 18.4 Å². The first kappa shape index (κ1) is 17.6. The number of nitrogens with one attached hydrogen (secondary N) is 1. The van der Waals surface area contributed by atoms with Crippen molar-refractivity contribution in [3.63, 3.8) is 0 Å². The number of aromatic amines is 1. The SMILES string of the molecule is CCc1[nH]nc(C(=O)N(C)CCOC(C)C)c1S(N)(=O)=O. The lowest BCUT2D eigenvalue weighted by Gasteiger charge is -2.17. The second kappa shape index (κ2) is 7.01. The van der Waals surface area contributed by atoms with Crippen LogP contribution >= 0.6 is 0 Å². The van der Waals surface area contributed by atoms with Crippen molar-refractivity contribution in [3.05, 3.63) is 11.4 Å². The number of amides is 1. The fourth-order valence-corrected chi connectivity index (χ4v) is 2.70. The Bertz CT molecular complexity index is 594. The Labute approximate surface area is 124 Å². The minimum Gasteiger partial charge on any atom is -0.377 e. The van der Waals surface area contributed by atoms with Crippen molar-refractivity contribution in [1.82, 2.24) is 15.1 Å². The molecule has 0 spiro atoms. The summed E-state index contributed by atoms with van der Waals surface area (Å²) in [7, 11) is -2.46. The van der Waals surface area contributed by atoms with Crippen LogP contribution in [-0.4, -0.2) is 55.7 Å². The molecule has 1 aromatic rings. The van der Waals surface area contributed by atoms with Gasteiger partial charge in [0.2, 0.25) is 10.0 Å². The number of nitrogens with two attached hydrogens (primary N) is 1. The molecule has 0 saturated carbocycles. The van der Waals surface area contributed by atoms with Crippen molar-refractivity contribution >= 4 is 15.9 Å². The highest BCUT2D eigenvalue weighted by Crippen LogP contribution is 2.18. The number of primary sulfonamides is 1. The molecule has 3 N–H and O–H groups in total. The van der Waals surface area contributed by atoms with Crippen molar-refractivity contribution in [2.24, 2.45) is 5.14 Å². The quantitative estimate of drug-likeness (QED) is 0.740. The number of nitrogens with zero attached hydrogens (tertiary/aromatic N) is 2. The normalized spacial score (nSPS) is 11.9. The van der Waals surface area contributed by atoms with E-state index < -0.39 is 15.9 Å². The lowest BCUT2D eigenvalue weighted by molar-refractivity contribution is 0.0527. The number of sulfonamides is 1. The molecule has 0 bridgehead atoms. The minimum atomic E-state index is -4.02. The van der Waals surface area contributed by atoms with Crippen LogP contribution in [0.3, 0.4) is 0 Å². The molecule has 21 heavy (non-hydrogen) atoms. The van der Waals surface area contributed by atoms with E-state index >= 15 is 0 Å². The third-order valence-corrected chi connectivity index (χ3v) is 3.87. The summed E-state index contributed by atoms with van der Waals surface area (Å²) in [6, 6.07) is 0. The van der Waals surface area contributed by atoms with Gasteiger partial charge < -0.3 is 9.64 Å². The molecule has 0 aromatic carbocycles. The van der Waals surface area contributed by atoms with Crippen LogP contribution in [0, 0.1) is 0 Å². The molecular weight excluding hydrogens is 296 g/mol. The fourth-order valence-electron chi connectivity index (χ4n) is 1.77. The van der Waals surface area contributed by atoms with E-state index in [0.717, 1.165) is 0 Å². The number of ether oxygens (including phenoxy) is 1. The second-order valence-electron chi connectivity index (χ2n) is 4.92. The molecule has 120 valence electrons. The molecule has 1 heterocycles. The van der Waals surface area contributed by atoms with Gasteiger partial charge in [-0.05, 0) is 20.3 Å². The van der Waals surface area contributed by atoms with Crippen molar-refractivity contribution in [2.45, 2.75) is 38.2 Å². The van der Waals surface area contributed by atoms with Gasteiger partial charge in [-0.15, -0.1) is 0 Å². The van der Waals surface area contributed by atoms with E-state index in [1.54, 1.807) is 14.0 Å². The summed E-state index contributed by atoms with van der Waals surface area (Å²) in [5.74, 6) is -0.512. The second-order valence-corrected chi connectivity index (χ2v) is 6.42. The first-order chi connectivity index (χ1) is 9.68. The molecule has 0 aliphatic rings. The number of hydrogen-bond acceptors (Lipinski definition) is 5. The summed E-state index contributed by atoms with van der Waals surface area (Å²) in [5.41, 5.74) is 0.147. The highest BCUT2D eigenvalue weighted by Gasteiger charge is 2.28. The Balaban J connectivity index is 2.95. The van der Waals surface area contributed by atoms with E-state index in [1.807, 2.05) is 13.8 Å². The van der Waals surface area contributed by atoms with E-state index in [2.05, 4.69) is 10.2 Å². The lowest BCUT2D eigenvalue weighted by atomic mass is 10.3. The Morgan fingerprint density at radius 2 is 2.10 bits per heavy atom. The van der Waals surface area contributed by atoms with Gasteiger partial charge in [0, 0.05) is 13.6 Å². The smallest absolute Gasteiger partial charge is 0.275 e. The van der Waals surface area contributed by atoms with E-state index in [9.17, 15) is 13.2 Å². The van der Waals surface area contributed by atoms with Crippen LogP contribution in [-0.2, 0) is 21.2 Å². The molecule has 1 aromatic heterocycles. The van der Waals surface area contributed by atoms with Crippen LogP contribution in [0.15, 0.2) is 4.90 Å². The monoisotopic (exact) mass is 318 g/mol. The van der Waals surface area contributed by atoms with Gasteiger partial charge in [0.25, 0.3) is 5.91 Å². The summed E-state index contributed by atoms with van der Waals surface area (Å²) in [4.78, 5) is 13.4. The summed E-state index contributed by atoms with van der Waals surface area (Å²) in [6.45, 7) is 6.21. The zero-order valence-corrected chi connectivity index (χ0v) is 13.5. The number of likely N-dealkylation sites (N-methyl/N-ethyl adjacent to an activating group) is 1. The molecule has 0 aliphatic heterocycles. The average Bonchev–Trinajstić information content (AvgIpc) is 2.80. The average molecular weight is 318 g/mol. The number of aromatic nitrogens is 2. The van der Waals surface area contributed by atoms with Crippen molar-refractivity contribution in [1.29, 1.82) is 0 Å². The van der Waals surface area contributed by atoms with Crippen molar-refractivity contribution in [3.8, 4) is 0 Å². The number of hydrogen-bond donors (Lipinski definition) is 2. The first-order valence-corrected chi connectivity index (χ1v) is 8.20. The van der Waals surface area contributed by atoms with Crippen LogP contribution in [0.4, 0.5) is 0 Å². The molecule has 8 nitrogen and oxygen atoms in total. The molecule has 1 amide bonds. The standard InChI is InChI=1S/C12H22N4O4S/c1-5-9-11(21(13,18)19)10(15-14-9)12(17)16(4)6-7-20-8(2)3/h8H,5-7H2,1-4H3,(H,14,15)(H2,13,18,19). The van der Waals surface area contributed by atoms with Gasteiger partial charge in [-0.25, -0.2) is 13.6 Å². The van der Waals surface area contributed by atoms with E-state index in [-0.39, 0.29) is 16.7 Å². The highest BCUT2D eigenvalue weighted by atomic mass is 32.2. The largest absolute Gasteiger partial charge is 0.377 e. The molecule has 0 fully saturated rings. The molecule has 9 heteroatoms. The minimum absolute atomic E-state index is 0.0607. The Kier molecular flexibility index (Phi) is 5.87. The van der Waals surface area contributed by atoms with Gasteiger partial charge in [-0.2, -0.15) is 5.10 Å². The molecule has 0 atom stereocenters. The summed E-state index contributed by atoms with van der Waals surface area (Å²) in [6.07, 6.45) is 0.442. The number of carbonyl (C=O) groups excluding carboxylic acids is 1. The van der Waals surface area contributed by atoms with E-state index in [1.165, 1.54) is 4.90 Å². The number of rotatable bonds is 7. The van der Waals surface area contributed by atoms with Crippen LogP contribution in [0.25, 0.3) is 0 Å². The fraction of sp³-hybridized carbons (Fsp3) is 0.667. The van der Waals surface area contributed by atoms with Crippen LogP contribution in [0.5, 0.6) is 0 Å². The maximum Gasteiger partial charge on any atom is 0.275 e. The van der Waals surface area contributed by atoms with Crippen LogP contribution in [0.1, 0.15) is 37.0 Å². The Morgan fingerprint density at radius 1 is 1.48 bits per heavy atom. The van der Waals surface area contributed by atoms with Gasteiger partial charge in [-0.3, -0.25) is 9.89 Å². The summed E-state index contributed by atoms with van der Waals surface area (Å²) >= 11 is 0. The highest BCUT2D eigenvalue weighted by molar-refractivity contribution is 7.89. The number of H-pyrrole nitrogens is 1. The van der Waals surface area contributed by atoms with Gasteiger partial charge in [0.15, 0.2) is 5.69 Å². The molecule has 0 saturated heterocycles. The molecular formula is C12H22N4O4S. The van der Waals surface area contributed by atoms with Gasteiger partial charge in [-0.1, -0.05) is 6.92 Å². The zero-order valence-electron chi connectivity index (χ0n) is 12.7. The van der Waals surface area contributed by atoms with Gasteiger partial charge >= 0.3 is 0 Å². The molecule has 0 aliphatic carbocycles. The third-order valence-electron chi connectivity index (χ3n) is 2.86. The Morgan fingerprint density at radius 3 is 2.57 bits per heavy atom. The predicted octanol–water partition coefficient (Wildman–Crippen LogP) is 0.117. The molecule has 1 rings (SSSR count). The maximum absolute atomic E-state index is 12.3.